The van der Waals surface area contributed by atoms with Gasteiger partial charge in [-0.2, -0.15) is 5.26 Å². The number of aryl methyl sites for hydroxylation is 1. The van der Waals surface area contributed by atoms with Crippen molar-refractivity contribution in [2.45, 2.75) is 33.6 Å². The molecule has 3 nitrogen and oxygen atoms in total. The molecule has 1 aromatic carbocycles. The Balaban J connectivity index is 2.12. The van der Waals surface area contributed by atoms with Gasteiger partial charge in [0.25, 0.3) is 0 Å². The zero-order chi connectivity index (χ0) is 14.8. The maximum absolute atomic E-state index is 12.2. The number of aromatic nitrogens is 1. The quantitative estimate of drug-likeness (QED) is 0.915. The van der Waals surface area contributed by atoms with Crippen LogP contribution in [0.2, 0.25) is 0 Å². The van der Waals surface area contributed by atoms with Gasteiger partial charge in [0.15, 0.2) is 5.78 Å². The van der Waals surface area contributed by atoms with Gasteiger partial charge in [-0.25, -0.2) is 0 Å². The first-order chi connectivity index (χ1) is 9.43. The van der Waals surface area contributed by atoms with Gasteiger partial charge in [0.1, 0.15) is 5.92 Å². The summed E-state index contributed by atoms with van der Waals surface area (Å²) in [6, 6.07) is 10.2. The summed E-state index contributed by atoms with van der Waals surface area (Å²) in [4.78, 5) is 15.4. The molecule has 104 valence electrons. The molecule has 0 saturated heterocycles. The Morgan fingerprint density at radius 2 is 2.05 bits per heavy atom. The minimum atomic E-state index is -0.524. The number of aromatic amines is 1. The molecule has 1 N–H and O–H groups in total. The summed E-state index contributed by atoms with van der Waals surface area (Å²) in [5, 5.41) is 10.4. The number of ketones is 1. The smallest absolute Gasteiger partial charge is 0.155 e. The first kappa shape index (κ1) is 14.3. The van der Waals surface area contributed by atoms with E-state index in [1.54, 1.807) is 0 Å². The van der Waals surface area contributed by atoms with Crippen molar-refractivity contribution in [3.8, 4) is 6.07 Å². The number of H-pyrrole nitrogens is 1. The van der Waals surface area contributed by atoms with Gasteiger partial charge in [-0.05, 0) is 24.5 Å². The lowest BCUT2D eigenvalue weighted by atomic mass is 9.81. The molecule has 2 rings (SSSR count). The van der Waals surface area contributed by atoms with E-state index in [1.165, 1.54) is 10.9 Å². The summed E-state index contributed by atoms with van der Waals surface area (Å²) in [5.41, 5.74) is 1.81. The lowest BCUT2D eigenvalue weighted by Gasteiger charge is -2.20. The molecule has 2 aromatic rings. The lowest BCUT2D eigenvalue weighted by Crippen LogP contribution is -2.27. The van der Waals surface area contributed by atoms with E-state index in [1.807, 2.05) is 45.2 Å². The van der Waals surface area contributed by atoms with Crippen LogP contribution in [0.4, 0.5) is 0 Å². The molecule has 3 heteroatoms. The summed E-state index contributed by atoms with van der Waals surface area (Å²) < 4.78 is 0. The fourth-order valence-corrected chi connectivity index (χ4v) is 2.42. The monoisotopic (exact) mass is 268 g/mol. The van der Waals surface area contributed by atoms with Crippen molar-refractivity contribution < 1.29 is 4.79 Å². The van der Waals surface area contributed by atoms with Gasteiger partial charge in [-0.3, -0.25) is 4.79 Å². The van der Waals surface area contributed by atoms with Gasteiger partial charge in [0, 0.05) is 22.5 Å². The first-order valence-electron chi connectivity index (χ1n) is 6.92. The molecule has 0 aliphatic heterocycles. The average molecular weight is 268 g/mol. The summed E-state index contributed by atoms with van der Waals surface area (Å²) >= 11 is 0. The van der Waals surface area contributed by atoms with E-state index in [0.717, 1.165) is 11.9 Å². The fourth-order valence-electron chi connectivity index (χ4n) is 2.42. The zero-order valence-corrected chi connectivity index (χ0v) is 12.2. The summed E-state index contributed by atoms with van der Waals surface area (Å²) in [6.45, 7) is 5.60. The minimum Gasteiger partial charge on any atom is -0.361 e. The molecule has 0 bridgehead atoms. The van der Waals surface area contributed by atoms with Gasteiger partial charge in [0.05, 0.1) is 6.07 Å². The number of hydrogen-bond donors (Lipinski definition) is 1. The number of benzene rings is 1. The molecule has 0 amide bonds. The largest absolute Gasteiger partial charge is 0.361 e. The minimum absolute atomic E-state index is 0.0276. The van der Waals surface area contributed by atoms with Crippen LogP contribution < -0.4 is 0 Å². The third kappa shape index (κ3) is 2.91. The zero-order valence-electron chi connectivity index (χ0n) is 12.2. The number of nitriles is 1. The Bertz CT molecular complexity index is 655. The predicted octanol–water partition coefficient (Wildman–Crippen LogP) is 3.86. The highest BCUT2D eigenvalue weighted by Crippen LogP contribution is 2.25. The van der Waals surface area contributed by atoms with Crippen molar-refractivity contribution in [2.24, 2.45) is 11.3 Å². The van der Waals surface area contributed by atoms with E-state index >= 15 is 0 Å². The highest BCUT2D eigenvalue weighted by molar-refractivity contribution is 5.88. The number of carbonyl (C=O) groups is 1. The SMILES string of the molecule is CC(C)(C)C(=O)C(C#N)CCc1c[nH]c2ccccc12. The molecule has 0 fully saturated rings. The number of Topliss-reactive ketones (excluding diaryl/α,β-unsaturated/α-hetero) is 1. The molecule has 1 aromatic heterocycles. The number of hydrogen-bond acceptors (Lipinski definition) is 2. The number of para-hydroxylation sites is 1. The van der Waals surface area contributed by atoms with Crippen molar-refractivity contribution in [3.05, 3.63) is 36.0 Å². The van der Waals surface area contributed by atoms with Gasteiger partial charge < -0.3 is 4.98 Å². The van der Waals surface area contributed by atoms with Crippen LogP contribution in [-0.4, -0.2) is 10.8 Å². The van der Waals surface area contributed by atoms with Crippen LogP contribution in [0.1, 0.15) is 32.8 Å². The molecule has 1 heterocycles. The predicted molar refractivity (Wildman–Crippen MR) is 80.2 cm³/mol. The van der Waals surface area contributed by atoms with Crippen LogP contribution in [0.15, 0.2) is 30.5 Å². The molecule has 1 unspecified atom stereocenters. The Morgan fingerprint density at radius 3 is 2.70 bits per heavy atom. The molecule has 0 aliphatic rings. The van der Waals surface area contributed by atoms with Crippen molar-refractivity contribution >= 4 is 16.7 Å². The Labute approximate surface area is 119 Å². The number of nitrogens with zero attached hydrogens (tertiary/aromatic N) is 1. The first-order valence-corrected chi connectivity index (χ1v) is 6.92. The van der Waals surface area contributed by atoms with E-state index in [2.05, 4.69) is 17.1 Å². The van der Waals surface area contributed by atoms with E-state index in [0.29, 0.717) is 6.42 Å². The second kappa shape index (κ2) is 5.50. The van der Waals surface area contributed by atoms with Crippen molar-refractivity contribution in [2.75, 3.05) is 0 Å². The van der Waals surface area contributed by atoms with Gasteiger partial charge >= 0.3 is 0 Å². The van der Waals surface area contributed by atoms with Crippen LogP contribution in [0.25, 0.3) is 10.9 Å². The maximum atomic E-state index is 12.2. The summed E-state index contributed by atoms with van der Waals surface area (Å²) in [6.07, 6.45) is 3.29. The molecule has 0 saturated carbocycles. The van der Waals surface area contributed by atoms with Crippen LogP contribution in [0.3, 0.4) is 0 Å². The number of fused-ring (bicyclic) bond motifs is 1. The number of nitrogens with one attached hydrogen (secondary N) is 1. The molecule has 0 aliphatic carbocycles. The molecule has 20 heavy (non-hydrogen) atoms. The number of carbonyl (C=O) groups excluding carboxylic acids is 1. The van der Waals surface area contributed by atoms with Crippen LogP contribution in [-0.2, 0) is 11.2 Å². The molecular formula is C17H20N2O. The summed E-state index contributed by atoms with van der Waals surface area (Å²) in [5.74, 6) is -0.497. The van der Waals surface area contributed by atoms with Crippen LogP contribution in [0.5, 0.6) is 0 Å². The third-order valence-electron chi connectivity index (χ3n) is 3.59. The molecule has 0 spiro atoms. The van der Waals surface area contributed by atoms with Crippen molar-refractivity contribution in [3.63, 3.8) is 0 Å². The Morgan fingerprint density at radius 1 is 1.35 bits per heavy atom. The second-order valence-corrected chi connectivity index (χ2v) is 6.19. The summed E-state index contributed by atoms with van der Waals surface area (Å²) in [7, 11) is 0. The molecule has 0 radical (unpaired) electrons. The standard InChI is InChI=1S/C17H20N2O/c1-17(2,3)16(20)12(10-18)8-9-13-11-19-15-7-5-4-6-14(13)15/h4-7,11-12,19H,8-9H2,1-3H3. The van der Waals surface area contributed by atoms with Gasteiger partial charge in [0.2, 0.25) is 0 Å². The van der Waals surface area contributed by atoms with Gasteiger partial charge in [-0.1, -0.05) is 39.0 Å². The number of rotatable bonds is 4. The van der Waals surface area contributed by atoms with E-state index < -0.39 is 11.3 Å². The van der Waals surface area contributed by atoms with Crippen molar-refractivity contribution in [1.29, 1.82) is 5.26 Å². The second-order valence-electron chi connectivity index (χ2n) is 6.19. The maximum Gasteiger partial charge on any atom is 0.155 e. The van der Waals surface area contributed by atoms with E-state index in [4.69, 9.17) is 0 Å². The topological polar surface area (TPSA) is 56.6 Å². The highest BCUT2D eigenvalue weighted by atomic mass is 16.1. The van der Waals surface area contributed by atoms with Gasteiger partial charge in [-0.15, -0.1) is 0 Å². The lowest BCUT2D eigenvalue weighted by molar-refractivity contribution is -0.128. The van der Waals surface area contributed by atoms with Crippen LogP contribution in [0, 0.1) is 22.7 Å². The van der Waals surface area contributed by atoms with E-state index in [-0.39, 0.29) is 5.78 Å². The van der Waals surface area contributed by atoms with Crippen LogP contribution >= 0.6 is 0 Å². The van der Waals surface area contributed by atoms with Crippen molar-refractivity contribution in [1.82, 2.24) is 4.98 Å². The third-order valence-corrected chi connectivity index (χ3v) is 3.59. The fraction of sp³-hybridized carbons (Fsp3) is 0.412. The van der Waals surface area contributed by atoms with E-state index in [9.17, 15) is 10.1 Å². The molecule has 1 atom stereocenters. The average Bonchev–Trinajstić information content (AvgIpc) is 2.82. The highest BCUT2D eigenvalue weighted by Gasteiger charge is 2.29. The molecular weight excluding hydrogens is 248 g/mol. The Hall–Kier alpha value is -2.08. The normalized spacial score (nSPS) is 13.1. The Kier molecular flexibility index (Phi) is 3.94.